The monoisotopic (exact) mass is 509 g/mol. The van der Waals surface area contributed by atoms with Crippen molar-refractivity contribution in [2.75, 3.05) is 36.5 Å². The molecule has 1 fully saturated rings. The van der Waals surface area contributed by atoms with Crippen molar-refractivity contribution >= 4 is 34.6 Å². The Hall–Kier alpha value is -3.57. The van der Waals surface area contributed by atoms with E-state index in [1.54, 1.807) is 6.33 Å². The van der Waals surface area contributed by atoms with Gasteiger partial charge >= 0.3 is 0 Å². The van der Waals surface area contributed by atoms with Crippen molar-refractivity contribution in [3.8, 4) is 11.3 Å². The molecule has 1 aromatic carbocycles. The number of ether oxygens (including phenoxy) is 1. The maximum Gasteiger partial charge on any atom is 0.246 e. The lowest BCUT2D eigenvalue weighted by atomic mass is 10.1. The normalized spacial score (nSPS) is 14.8. The number of amides is 2. The zero-order valence-electron chi connectivity index (χ0n) is 21.4. The second-order valence-corrected chi connectivity index (χ2v) is 9.54. The minimum Gasteiger partial charge on any atom is -0.383 e. The molecule has 1 unspecified atom stereocenters. The van der Waals surface area contributed by atoms with Crippen LogP contribution in [0.2, 0.25) is 0 Å². The average Bonchev–Trinajstić information content (AvgIpc) is 3.33. The Morgan fingerprint density at radius 1 is 1.16 bits per heavy atom. The fourth-order valence-corrected chi connectivity index (χ4v) is 4.30. The summed E-state index contributed by atoms with van der Waals surface area (Å²) < 4.78 is 7.54. The van der Waals surface area contributed by atoms with Crippen LogP contribution in [-0.4, -0.2) is 68.8 Å². The Bertz CT molecular complexity index is 1240. The minimum atomic E-state index is -1.12. The summed E-state index contributed by atoms with van der Waals surface area (Å²) in [4.78, 5) is 39.9. The second kappa shape index (κ2) is 12.1. The number of aliphatic hydroxyl groups excluding tert-OH is 1. The number of rotatable bonds is 11. The number of nitrogens with zero attached hydrogens (tertiary/aromatic N) is 5. The molecule has 11 heteroatoms. The van der Waals surface area contributed by atoms with Gasteiger partial charge in [0.25, 0.3) is 0 Å². The standard InChI is InChI=1S/C26H35N7O4/c1-17(2)33-16-28-23-22(30-26(31-25(23)33)32-11-13-37-14-12-32)18-7-6-8-19(15-18)29-21(35)10-5-3-4-9-20(34)24(27)36/h6-8,15-17,20,34H,3-5,9-14H2,1-2H3,(H2,27,36)(H,29,35). The highest BCUT2D eigenvalue weighted by atomic mass is 16.5. The molecule has 0 bridgehead atoms. The summed E-state index contributed by atoms with van der Waals surface area (Å²) in [5.41, 5.74) is 8.78. The van der Waals surface area contributed by atoms with Gasteiger partial charge in [-0.25, -0.2) is 9.97 Å². The summed E-state index contributed by atoms with van der Waals surface area (Å²) in [6, 6.07) is 7.78. The van der Waals surface area contributed by atoms with Crippen molar-refractivity contribution in [1.82, 2.24) is 19.5 Å². The Kier molecular flexibility index (Phi) is 8.67. The van der Waals surface area contributed by atoms with E-state index in [9.17, 15) is 14.7 Å². The predicted octanol–water partition coefficient (Wildman–Crippen LogP) is 2.65. The van der Waals surface area contributed by atoms with Crippen molar-refractivity contribution in [1.29, 1.82) is 0 Å². The largest absolute Gasteiger partial charge is 0.383 e. The molecule has 1 aliphatic rings. The summed E-state index contributed by atoms with van der Waals surface area (Å²) in [5.74, 6) is -0.172. The van der Waals surface area contributed by atoms with Gasteiger partial charge in [-0.2, -0.15) is 4.98 Å². The third-order valence-corrected chi connectivity index (χ3v) is 6.39. The molecule has 4 rings (SSSR count). The lowest BCUT2D eigenvalue weighted by Crippen LogP contribution is -2.37. The van der Waals surface area contributed by atoms with E-state index in [4.69, 9.17) is 20.4 Å². The molecule has 1 aliphatic heterocycles. The number of nitrogens with one attached hydrogen (secondary N) is 1. The van der Waals surface area contributed by atoms with Gasteiger partial charge in [0.2, 0.25) is 17.8 Å². The van der Waals surface area contributed by atoms with Crippen LogP contribution in [0, 0.1) is 0 Å². The fraction of sp³-hybridized carbons (Fsp3) is 0.500. The number of nitrogens with two attached hydrogens (primary N) is 1. The van der Waals surface area contributed by atoms with Gasteiger partial charge in [0.1, 0.15) is 17.3 Å². The molecule has 2 amide bonds. The number of fused-ring (bicyclic) bond motifs is 1. The smallest absolute Gasteiger partial charge is 0.246 e. The Labute approximate surface area is 216 Å². The number of anilines is 2. The number of imidazole rings is 1. The number of primary amides is 1. The molecular weight excluding hydrogens is 474 g/mol. The molecule has 37 heavy (non-hydrogen) atoms. The molecule has 0 aliphatic carbocycles. The van der Waals surface area contributed by atoms with E-state index in [0.29, 0.717) is 56.0 Å². The summed E-state index contributed by atoms with van der Waals surface area (Å²) in [7, 11) is 0. The Morgan fingerprint density at radius 2 is 1.95 bits per heavy atom. The van der Waals surface area contributed by atoms with Crippen LogP contribution >= 0.6 is 0 Å². The van der Waals surface area contributed by atoms with Crippen molar-refractivity contribution in [2.24, 2.45) is 5.73 Å². The first kappa shape index (κ1) is 26.5. The number of carbonyl (C=O) groups is 2. The van der Waals surface area contributed by atoms with Gasteiger partial charge < -0.3 is 30.4 Å². The fourth-order valence-electron chi connectivity index (χ4n) is 4.30. The third kappa shape index (κ3) is 6.60. The van der Waals surface area contributed by atoms with Crippen LogP contribution in [0.3, 0.4) is 0 Å². The van der Waals surface area contributed by atoms with E-state index >= 15 is 0 Å². The number of benzene rings is 1. The third-order valence-electron chi connectivity index (χ3n) is 6.39. The number of hydrogen-bond acceptors (Lipinski definition) is 8. The lowest BCUT2D eigenvalue weighted by Gasteiger charge is -2.27. The highest BCUT2D eigenvalue weighted by molar-refractivity contribution is 5.93. The average molecular weight is 510 g/mol. The second-order valence-electron chi connectivity index (χ2n) is 9.54. The number of unbranched alkanes of at least 4 members (excludes halogenated alkanes) is 2. The first-order valence-electron chi connectivity index (χ1n) is 12.8. The predicted molar refractivity (Wildman–Crippen MR) is 141 cm³/mol. The molecule has 3 heterocycles. The molecule has 4 N–H and O–H groups in total. The van der Waals surface area contributed by atoms with Crippen molar-refractivity contribution in [2.45, 2.75) is 58.1 Å². The maximum atomic E-state index is 12.5. The molecule has 11 nitrogen and oxygen atoms in total. The van der Waals surface area contributed by atoms with Crippen LogP contribution in [0.25, 0.3) is 22.4 Å². The van der Waals surface area contributed by atoms with Gasteiger partial charge in [0, 0.05) is 36.8 Å². The van der Waals surface area contributed by atoms with Crippen LogP contribution in [-0.2, 0) is 14.3 Å². The van der Waals surface area contributed by atoms with Crippen molar-refractivity contribution in [3.05, 3.63) is 30.6 Å². The van der Waals surface area contributed by atoms with E-state index in [2.05, 4.69) is 29.0 Å². The van der Waals surface area contributed by atoms with Gasteiger partial charge in [-0.05, 0) is 38.8 Å². The maximum absolute atomic E-state index is 12.5. The molecule has 198 valence electrons. The molecule has 0 saturated carbocycles. The quantitative estimate of drug-likeness (QED) is 0.334. The number of carbonyl (C=O) groups excluding carboxylic acids is 2. The van der Waals surface area contributed by atoms with Crippen molar-refractivity contribution in [3.63, 3.8) is 0 Å². The first-order valence-corrected chi connectivity index (χ1v) is 12.8. The van der Waals surface area contributed by atoms with E-state index in [1.165, 1.54) is 0 Å². The van der Waals surface area contributed by atoms with E-state index in [1.807, 2.05) is 28.8 Å². The Morgan fingerprint density at radius 3 is 2.68 bits per heavy atom. The summed E-state index contributed by atoms with van der Waals surface area (Å²) in [6.45, 7) is 6.89. The molecule has 2 aromatic heterocycles. The molecule has 0 radical (unpaired) electrons. The molecule has 0 spiro atoms. The van der Waals surface area contributed by atoms with Gasteiger partial charge in [0.15, 0.2) is 5.65 Å². The number of morpholine rings is 1. The molecule has 1 atom stereocenters. The van der Waals surface area contributed by atoms with Crippen LogP contribution < -0.4 is 16.0 Å². The van der Waals surface area contributed by atoms with Crippen molar-refractivity contribution < 1.29 is 19.4 Å². The topological polar surface area (TPSA) is 148 Å². The van der Waals surface area contributed by atoms with Crippen LogP contribution in [0.4, 0.5) is 11.6 Å². The summed E-state index contributed by atoms with van der Waals surface area (Å²) in [5, 5.41) is 12.4. The van der Waals surface area contributed by atoms with E-state index in [-0.39, 0.29) is 11.9 Å². The highest BCUT2D eigenvalue weighted by Crippen LogP contribution is 2.30. The Balaban J connectivity index is 1.50. The van der Waals surface area contributed by atoms with Crippen LogP contribution in [0.15, 0.2) is 30.6 Å². The molecule has 1 saturated heterocycles. The van der Waals surface area contributed by atoms with Crippen LogP contribution in [0.1, 0.15) is 52.0 Å². The zero-order chi connectivity index (χ0) is 26.4. The summed E-state index contributed by atoms with van der Waals surface area (Å²) >= 11 is 0. The van der Waals surface area contributed by atoms with E-state index in [0.717, 1.165) is 36.4 Å². The zero-order valence-corrected chi connectivity index (χ0v) is 21.4. The first-order chi connectivity index (χ1) is 17.8. The number of aromatic nitrogens is 4. The number of aliphatic hydroxyl groups is 1. The van der Waals surface area contributed by atoms with Gasteiger partial charge in [-0.1, -0.05) is 25.0 Å². The highest BCUT2D eigenvalue weighted by Gasteiger charge is 2.21. The van der Waals surface area contributed by atoms with Crippen LogP contribution in [0.5, 0.6) is 0 Å². The lowest BCUT2D eigenvalue weighted by molar-refractivity contribution is -0.126. The SMILES string of the molecule is CC(C)n1cnc2c(-c3cccc(NC(=O)CCCCCC(O)C(N)=O)c3)nc(N3CCOCC3)nc21. The molecule has 3 aromatic rings. The van der Waals surface area contributed by atoms with Gasteiger partial charge in [0.05, 0.1) is 19.5 Å². The van der Waals surface area contributed by atoms with Gasteiger partial charge in [-0.15, -0.1) is 0 Å². The van der Waals surface area contributed by atoms with E-state index < -0.39 is 12.0 Å². The van der Waals surface area contributed by atoms with Gasteiger partial charge in [-0.3, -0.25) is 9.59 Å². The molecular formula is C26H35N7O4. The minimum absolute atomic E-state index is 0.0986. The summed E-state index contributed by atoms with van der Waals surface area (Å²) in [6.07, 6.45) is 3.33. The number of hydrogen-bond donors (Lipinski definition) is 3.